The highest BCUT2D eigenvalue weighted by Gasteiger charge is 2.11. The van der Waals surface area contributed by atoms with Gasteiger partial charge in [0.25, 0.3) is 5.91 Å². The van der Waals surface area contributed by atoms with Gasteiger partial charge in [-0.3, -0.25) is 9.78 Å². The fourth-order valence-corrected chi connectivity index (χ4v) is 1.95. The molecule has 0 radical (unpaired) electrons. The first-order valence-corrected chi connectivity index (χ1v) is 6.23. The molecule has 0 unspecified atom stereocenters. The van der Waals surface area contributed by atoms with E-state index in [-0.39, 0.29) is 5.91 Å². The van der Waals surface area contributed by atoms with Crippen molar-refractivity contribution in [3.8, 4) is 0 Å². The molecule has 1 aromatic carbocycles. The van der Waals surface area contributed by atoms with E-state index < -0.39 is 0 Å². The molecular weight excluding hydrogens is 238 g/mol. The first-order chi connectivity index (χ1) is 9.11. The van der Waals surface area contributed by atoms with Crippen LogP contribution in [0.2, 0.25) is 0 Å². The Kier molecular flexibility index (Phi) is 3.80. The Balaban J connectivity index is 2.29. The molecule has 0 saturated heterocycles. The number of aryl methyl sites for hydroxylation is 2. The standard InChI is InChI=1S/C15H17N3O/c1-3-11-6-4-5-10(2)14(11)18-15(19)13-9-12(16)7-8-17-13/h4-9H,3H2,1-2H3,(H2,16,17)(H,18,19). The fourth-order valence-electron chi connectivity index (χ4n) is 1.95. The van der Waals surface area contributed by atoms with Crippen molar-refractivity contribution < 1.29 is 4.79 Å². The second-order valence-corrected chi connectivity index (χ2v) is 4.39. The van der Waals surface area contributed by atoms with Gasteiger partial charge in [0.1, 0.15) is 5.69 Å². The lowest BCUT2D eigenvalue weighted by atomic mass is 10.1. The van der Waals surface area contributed by atoms with E-state index in [0.29, 0.717) is 11.4 Å². The van der Waals surface area contributed by atoms with Crippen LogP contribution in [0.5, 0.6) is 0 Å². The molecule has 1 amide bonds. The lowest BCUT2D eigenvalue weighted by molar-refractivity contribution is 0.102. The van der Waals surface area contributed by atoms with Crippen LogP contribution in [-0.2, 0) is 6.42 Å². The Morgan fingerprint density at radius 2 is 2.16 bits per heavy atom. The molecule has 0 spiro atoms. The number of nitrogens with two attached hydrogens (primary N) is 1. The molecule has 3 N–H and O–H groups in total. The molecule has 0 aliphatic heterocycles. The highest BCUT2D eigenvalue weighted by atomic mass is 16.1. The topological polar surface area (TPSA) is 68.0 Å². The van der Waals surface area contributed by atoms with Gasteiger partial charge in [0.05, 0.1) is 0 Å². The van der Waals surface area contributed by atoms with Crippen molar-refractivity contribution in [1.82, 2.24) is 4.98 Å². The van der Waals surface area contributed by atoms with E-state index >= 15 is 0 Å². The second kappa shape index (κ2) is 5.52. The van der Waals surface area contributed by atoms with Crippen LogP contribution in [-0.4, -0.2) is 10.9 Å². The number of amides is 1. The van der Waals surface area contributed by atoms with E-state index in [1.807, 2.05) is 25.1 Å². The zero-order chi connectivity index (χ0) is 13.8. The Morgan fingerprint density at radius 1 is 1.37 bits per heavy atom. The number of carbonyl (C=O) groups excluding carboxylic acids is 1. The van der Waals surface area contributed by atoms with Gasteiger partial charge in [0, 0.05) is 17.6 Å². The van der Waals surface area contributed by atoms with Gasteiger partial charge in [-0.25, -0.2) is 0 Å². The number of hydrogen-bond acceptors (Lipinski definition) is 3. The van der Waals surface area contributed by atoms with Crippen molar-refractivity contribution in [2.75, 3.05) is 11.1 Å². The fraction of sp³-hybridized carbons (Fsp3) is 0.200. The molecule has 0 bridgehead atoms. The van der Waals surface area contributed by atoms with Crippen LogP contribution in [0.1, 0.15) is 28.5 Å². The molecule has 1 heterocycles. The minimum absolute atomic E-state index is 0.240. The van der Waals surface area contributed by atoms with E-state index in [9.17, 15) is 4.79 Å². The maximum atomic E-state index is 12.2. The Hall–Kier alpha value is -2.36. The third kappa shape index (κ3) is 2.91. The molecule has 4 nitrogen and oxygen atoms in total. The number of para-hydroxylation sites is 1. The van der Waals surface area contributed by atoms with Crippen LogP contribution >= 0.6 is 0 Å². The monoisotopic (exact) mass is 255 g/mol. The molecule has 0 aliphatic carbocycles. The lowest BCUT2D eigenvalue weighted by Gasteiger charge is -2.12. The molecule has 0 atom stereocenters. The number of aromatic nitrogens is 1. The van der Waals surface area contributed by atoms with Crippen molar-refractivity contribution in [3.63, 3.8) is 0 Å². The van der Waals surface area contributed by atoms with Crippen molar-refractivity contribution in [1.29, 1.82) is 0 Å². The van der Waals surface area contributed by atoms with E-state index in [1.54, 1.807) is 12.1 Å². The minimum atomic E-state index is -0.240. The summed E-state index contributed by atoms with van der Waals surface area (Å²) < 4.78 is 0. The summed E-state index contributed by atoms with van der Waals surface area (Å²) in [7, 11) is 0. The first-order valence-electron chi connectivity index (χ1n) is 6.23. The van der Waals surface area contributed by atoms with E-state index in [4.69, 9.17) is 5.73 Å². The van der Waals surface area contributed by atoms with Gasteiger partial charge >= 0.3 is 0 Å². The van der Waals surface area contributed by atoms with Crippen LogP contribution < -0.4 is 11.1 Å². The lowest BCUT2D eigenvalue weighted by Crippen LogP contribution is -2.16. The highest BCUT2D eigenvalue weighted by Crippen LogP contribution is 2.21. The molecule has 0 fully saturated rings. The number of carbonyl (C=O) groups is 1. The smallest absolute Gasteiger partial charge is 0.274 e. The van der Waals surface area contributed by atoms with Gasteiger partial charge in [-0.05, 0) is 36.6 Å². The average Bonchev–Trinajstić information content (AvgIpc) is 2.41. The first kappa shape index (κ1) is 13.1. The van der Waals surface area contributed by atoms with Gasteiger partial charge in [-0.1, -0.05) is 25.1 Å². The quantitative estimate of drug-likeness (QED) is 0.886. The molecule has 2 aromatic rings. The average molecular weight is 255 g/mol. The summed E-state index contributed by atoms with van der Waals surface area (Å²) in [5.74, 6) is -0.240. The van der Waals surface area contributed by atoms with Crippen LogP contribution in [0.15, 0.2) is 36.5 Å². The number of nitrogens with zero attached hydrogens (tertiary/aromatic N) is 1. The summed E-state index contributed by atoms with van der Waals surface area (Å²) in [5, 5.41) is 2.92. The summed E-state index contributed by atoms with van der Waals surface area (Å²) in [4.78, 5) is 16.2. The molecule has 0 aliphatic rings. The van der Waals surface area contributed by atoms with Gasteiger partial charge < -0.3 is 11.1 Å². The van der Waals surface area contributed by atoms with Crippen molar-refractivity contribution in [2.24, 2.45) is 0 Å². The molecule has 4 heteroatoms. The summed E-state index contributed by atoms with van der Waals surface area (Å²) >= 11 is 0. The van der Waals surface area contributed by atoms with Gasteiger partial charge in [0.15, 0.2) is 0 Å². The van der Waals surface area contributed by atoms with E-state index in [0.717, 1.165) is 23.2 Å². The summed E-state index contributed by atoms with van der Waals surface area (Å²) in [5.41, 5.74) is 9.52. The number of benzene rings is 1. The SMILES string of the molecule is CCc1cccc(C)c1NC(=O)c1cc(N)ccn1. The van der Waals surface area contributed by atoms with Gasteiger partial charge in [-0.2, -0.15) is 0 Å². The number of nitrogens with one attached hydrogen (secondary N) is 1. The molecular formula is C15H17N3O. The highest BCUT2D eigenvalue weighted by molar-refractivity contribution is 6.04. The molecule has 98 valence electrons. The minimum Gasteiger partial charge on any atom is -0.399 e. The number of nitrogen functional groups attached to an aromatic ring is 1. The predicted molar refractivity (Wildman–Crippen MR) is 77.2 cm³/mol. The third-order valence-electron chi connectivity index (χ3n) is 3.00. The van der Waals surface area contributed by atoms with Gasteiger partial charge in [0.2, 0.25) is 0 Å². The molecule has 0 saturated carbocycles. The van der Waals surface area contributed by atoms with Gasteiger partial charge in [-0.15, -0.1) is 0 Å². The van der Waals surface area contributed by atoms with Crippen LogP contribution in [0.4, 0.5) is 11.4 Å². The zero-order valence-corrected chi connectivity index (χ0v) is 11.1. The maximum absolute atomic E-state index is 12.2. The molecule has 1 aromatic heterocycles. The summed E-state index contributed by atoms with van der Waals surface area (Å²) in [6.07, 6.45) is 2.39. The summed E-state index contributed by atoms with van der Waals surface area (Å²) in [6, 6.07) is 9.20. The number of pyridine rings is 1. The van der Waals surface area contributed by atoms with Crippen LogP contribution in [0, 0.1) is 6.92 Å². The normalized spacial score (nSPS) is 10.2. The van der Waals surface area contributed by atoms with Crippen molar-refractivity contribution >= 4 is 17.3 Å². The van der Waals surface area contributed by atoms with Crippen LogP contribution in [0.25, 0.3) is 0 Å². The second-order valence-electron chi connectivity index (χ2n) is 4.39. The molecule has 2 rings (SSSR count). The molecule has 19 heavy (non-hydrogen) atoms. The van der Waals surface area contributed by atoms with Crippen LogP contribution in [0.3, 0.4) is 0 Å². The Morgan fingerprint density at radius 3 is 2.84 bits per heavy atom. The number of hydrogen-bond donors (Lipinski definition) is 2. The Labute approximate surface area is 112 Å². The van der Waals surface area contributed by atoms with Crippen molar-refractivity contribution in [3.05, 3.63) is 53.3 Å². The van der Waals surface area contributed by atoms with Crippen molar-refractivity contribution in [2.45, 2.75) is 20.3 Å². The number of anilines is 2. The van der Waals surface area contributed by atoms with E-state index in [2.05, 4.69) is 17.2 Å². The largest absolute Gasteiger partial charge is 0.399 e. The zero-order valence-electron chi connectivity index (χ0n) is 11.1. The summed E-state index contributed by atoms with van der Waals surface area (Å²) in [6.45, 7) is 4.03. The predicted octanol–water partition coefficient (Wildman–Crippen LogP) is 2.79. The maximum Gasteiger partial charge on any atom is 0.274 e. The third-order valence-corrected chi connectivity index (χ3v) is 3.00. The van der Waals surface area contributed by atoms with E-state index in [1.165, 1.54) is 6.20 Å². The number of rotatable bonds is 3. The Bertz CT molecular complexity index is 608.